The molecule has 45 heavy (non-hydrogen) atoms. The van der Waals surface area contributed by atoms with E-state index in [-0.39, 0.29) is 58.8 Å². The SMILES string of the molecule is Cc1cc(N)cc(-c2nc3c4c(nc(OC[C@@]56CCCN5C[C@H](F)C6)nc4c2F)N2C[C@H]4CC[C@H](N4)[C@H]2[C@H](C)O3)c1C(F)(F)F. The van der Waals surface area contributed by atoms with Gasteiger partial charge in [-0.2, -0.15) is 23.1 Å². The molecule has 0 unspecified atom stereocenters. The fourth-order valence-electron chi connectivity index (χ4n) is 8.56. The Hall–Kier alpha value is -3.52. The van der Waals surface area contributed by atoms with E-state index in [4.69, 9.17) is 20.2 Å². The second-order valence-corrected chi connectivity index (χ2v) is 13.3. The van der Waals surface area contributed by atoms with Gasteiger partial charge in [-0.15, -0.1) is 0 Å². The first-order valence-corrected chi connectivity index (χ1v) is 15.5. The summed E-state index contributed by atoms with van der Waals surface area (Å²) in [5, 5.41) is 3.81. The van der Waals surface area contributed by atoms with Gasteiger partial charge in [-0.3, -0.25) is 4.90 Å². The van der Waals surface area contributed by atoms with Gasteiger partial charge in [-0.1, -0.05) is 0 Å². The normalized spacial score (nSPS) is 30.7. The highest BCUT2D eigenvalue weighted by atomic mass is 19.4. The highest BCUT2D eigenvalue weighted by Gasteiger charge is 2.50. The Balaban J connectivity index is 1.32. The number of piperazine rings is 1. The maximum atomic E-state index is 16.8. The summed E-state index contributed by atoms with van der Waals surface area (Å²) in [6, 6.07) is 2.19. The summed E-state index contributed by atoms with van der Waals surface area (Å²) in [5.41, 5.74) is 2.98. The number of aryl methyl sites for hydroxylation is 1. The number of nitrogen functional groups attached to an aromatic ring is 1. The Kier molecular flexibility index (Phi) is 6.42. The number of aromatic nitrogens is 3. The van der Waals surface area contributed by atoms with Crippen LogP contribution in [-0.4, -0.2) is 82.0 Å². The number of anilines is 2. The minimum atomic E-state index is -4.81. The largest absolute Gasteiger partial charge is 0.472 e. The van der Waals surface area contributed by atoms with Crippen molar-refractivity contribution in [3.8, 4) is 23.1 Å². The fourth-order valence-corrected chi connectivity index (χ4v) is 8.56. The molecule has 240 valence electrons. The molecule has 4 saturated heterocycles. The van der Waals surface area contributed by atoms with Crippen LogP contribution in [0.1, 0.15) is 50.2 Å². The third kappa shape index (κ3) is 4.49. The van der Waals surface area contributed by atoms with Gasteiger partial charge in [-0.05, 0) is 63.8 Å². The van der Waals surface area contributed by atoms with E-state index in [9.17, 15) is 17.6 Å². The standard InChI is InChI=1S/C31H34F5N7O2/c1-14-8-17(37)9-19(22(14)31(34,35)36)24-23(33)25-21-27(41-29(40-25)44-13-30-6-3-7-42(30)11-16(32)10-30)43-12-18-4-5-20(38-18)26(43)15(2)45-28(21)39-24/h8-9,15-16,18,20,26,38H,3-7,10-13,37H2,1-2H3/t15-,16+,18+,20-,26+,30-/m0/s1. The number of hydrogen-bond donors (Lipinski definition) is 2. The van der Waals surface area contributed by atoms with Crippen molar-refractivity contribution in [3.63, 3.8) is 0 Å². The molecule has 3 N–H and O–H groups in total. The average Bonchev–Trinajstić information content (AvgIpc) is 3.60. The quantitative estimate of drug-likeness (QED) is 0.311. The lowest BCUT2D eigenvalue weighted by molar-refractivity contribution is -0.137. The first-order chi connectivity index (χ1) is 21.4. The Labute approximate surface area is 256 Å². The number of nitrogens with zero attached hydrogens (tertiary/aromatic N) is 5. The Morgan fingerprint density at radius 2 is 2.00 bits per heavy atom. The zero-order chi connectivity index (χ0) is 31.4. The number of fused-ring (bicyclic) bond motifs is 6. The Morgan fingerprint density at radius 1 is 1.18 bits per heavy atom. The minimum absolute atomic E-state index is 0.0340. The smallest absolute Gasteiger partial charge is 0.417 e. The molecule has 14 heteroatoms. The number of ether oxygens (including phenoxy) is 2. The monoisotopic (exact) mass is 631 g/mol. The van der Waals surface area contributed by atoms with Crippen molar-refractivity contribution < 1.29 is 31.4 Å². The van der Waals surface area contributed by atoms with Gasteiger partial charge < -0.3 is 25.4 Å². The van der Waals surface area contributed by atoms with E-state index in [1.165, 1.54) is 13.0 Å². The number of halogens is 5. The molecule has 0 saturated carbocycles. The average molecular weight is 632 g/mol. The van der Waals surface area contributed by atoms with E-state index in [0.717, 1.165) is 38.3 Å². The van der Waals surface area contributed by atoms with Gasteiger partial charge in [0.05, 0.1) is 17.1 Å². The molecule has 0 radical (unpaired) electrons. The summed E-state index contributed by atoms with van der Waals surface area (Å²) < 4.78 is 86.9. The van der Waals surface area contributed by atoms with Gasteiger partial charge in [0.1, 0.15) is 41.3 Å². The third-order valence-electron chi connectivity index (χ3n) is 10.4. The molecular weight excluding hydrogens is 597 g/mol. The van der Waals surface area contributed by atoms with Gasteiger partial charge >= 0.3 is 12.2 Å². The molecule has 1 aromatic carbocycles. The molecule has 6 atom stereocenters. The summed E-state index contributed by atoms with van der Waals surface area (Å²) in [6.07, 6.45) is -2.40. The van der Waals surface area contributed by atoms with E-state index < -0.39 is 46.6 Å². The van der Waals surface area contributed by atoms with Crippen LogP contribution in [0, 0.1) is 12.7 Å². The summed E-state index contributed by atoms with van der Waals surface area (Å²) in [4.78, 5) is 17.8. The van der Waals surface area contributed by atoms with Gasteiger partial charge in [0.2, 0.25) is 5.88 Å². The molecule has 9 nitrogen and oxygen atoms in total. The van der Waals surface area contributed by atoms with Crippen molar-refractivity contribution in [3.05, 3.63) is 29.1 Å². The second kappa shape index (κ2) is 9.99. The van der Waals surface area contributed by atoms with Gasteiger partial charge in [0.25, 0.3) is 0 Å². The van der Waals surface area contributed by atoms with Crippen molar-refractivity contribution in [2.75, 3.05) is 36.9 Å². The molecule has 0 aliphatic carbocycles. The van der Waals surface area contributed by atoms with Crippen LogP contribution in [0.5, 0.6) is 11.9 Å². The Bertz CT molecular complexity index is 1710. The molecule has 5 aliphatic heterocycles. The van der Waals surface area contributed by atoms with Crippen LogP contribution in [0.4, 0.5) is 33.5 Å². The minimum Gasteiger partial charge on any atom is -0.472 e. The summed E-state index contributed by atoms with van der Waals surface area (Å²) >= 11 is 0. The fraction of sp³-hybridized carbons (Fsp3) is 0.581. The summed E-state index contributed by atoms with van der Waals surface area (Å²) in [6.45, 7) is 4.93. The molecule has 8 rings (SSSR count). The highest BCUT2D eigenvalue weighted by molar-refractivity contribution is 5.97. The molecule has 7 heterocycles. The van der Waals surface area contributed by atoms with Gasteiger partial charge in [0, 0.05) is 42.8 Å². The lowest BCUT2D eigenvalue weighted by atomic mass is 9.95. The molecular formula is C31H34F5N7O2. The maximum Gasteiger partial charge on any atom is 0.417 e. The van der Waals surface area contributed by atoms with Crippen LogP contribution in [0.2, 0.25) is 0 Å². The van der Waals surface area contributed by atoms with E-state index in [0.29, 0.717) is 25.3 Å². The number of benzene rings is 1. The predicted molar refractivity (Wildman–Crippen MR) is 157 cm³/mol. The molecule has 2 aromatic heterocycles. The summed E-state index contributed by atoms with van der Waals surface area (Å²) in [5.74, 6) is -0.743. The molecule has 0 amide bonds. The Morgan fingerprint density at radius 3 is 2.80 bits per heavy atom. The van der Waals surface area contributed by atoms with Gasteiger partial charge in [-0.25, -0.2) is 13.8 Å². The van der Waals surface area contributed by atoms with Crippen LogP contribution in [-0.2, 0) is 6.18 Å². The molecule has 0 spiro atoms. The number of nitrogens with two attached hydrogens (primary N) is 1. The van der Waals surface area contributed by atoms with Crippen molar-refractivity contribution in [1.29, 1.82) is 0 Å². The topological polar surface area (TPSA) is 102 Å². The second-order valence-electron chi connectivity index (χ2n) is 13.3. The number of rotatable bonds is 4. The zero-order valence-electron chi connectivity index (χ0n) is 24.9. The van der Waals surface area contributed by atoms with Crippen LogP contribution in [0.15, 0.2) is 12.1 Å². The van der Waals surface area contributed by atoms with Crippen LogP contribution in [0.25, 0.3) is 22.2 Å². The summed E-state index contributed by atoms with van der Waals surface area (Å²) in [7, 11) is 0. The van der Waals surface area contributed by atoms with Gasteiger partial charge in [0.15, 0.2) is 5.82 Å². The zero-order valence-corrected chi connectivity index (χ0v) is 24.9. The van der Waals surface area contributed by atoms with Crippen molar-refractivity contribution >= 4 is 22.4 Å². The number of alkyl halides is 4. The van der Waals surface area contributed by atoms with E-state index in [1.807, 2.05) is 6.92 Å². The lowest BCUT2D eigenvalue weighted by Crippen LogP contribution is -2.62. The van der Waals surface area contributed by atoms with Crippen molar-refractivity contribution in [2.45, 2.75) is 88.1 Å². The predicted octanol–water partition coefficient (Wildman–Crippen LogP) is 4.79. The van der Waals surface area contributed by atoms with Crippen molar-refractivity contribution in [2.24, 2.45) is 0 Å². The van der Waals surface area contributed by atoms with Crippen LogP contribution in [0.3, 0.4) is 0 Å². The molecule has 2 bridgehead atoms. The maximum absolute atomic E-state index is 16.8. The van der Waals surface area contributed by atoms with Crippen molar-refractivity contribution in [1.82, 2.24) is 25.2 Å². The third-order valence-corrected chi connectivity index (χ3v) is 10.4. The number of pyridine rings is 1. The number of hydrogen-bond acceptors (Lipinski definition) is 9. The van der Waals surface area contributed by atoms with E-state index in [1.54, 1.807) is 0 Å². The first kappa shape index (κ1) is 28.9. The molecule has 4 fully saturated rings. The van der Waals surface area contributed by atoms with Crippen LogP contribution >= 0.6 is 0 Å². The van der Waals surface area contributed by atoms with E-state index in [2.05, 4.69) is 25.1 Å². The first-order valence-electron chi connectivity index (χ1n) is 15.5. The lowest BCUT2D eigenvalue weighted by Gasteiger charge is -2.42. The number of nitrogens with one attached hydrogen (secondary N) is 1. The molecule has 5 aliphatic rings. The molecule has 3 aromatic rings. The van der Waals surface area contributed by atoms with Crippen LogP contribution < -0.4 is 25.4 Å². The highest BCUT2D eigenvalue weighted by Crippen LogP contribution is 2.47. The van der Waals surface area contributed by atoms with E-state index >= 15 is 4.39 Å².